The van der Waals surface area contributed by atoms with Crippen LogP contribution < -0.4 is 5.73 Å². The molecule has 54 valence electrons. The van der Waals surface area contributed by atoms with Gasteiger partial charge in [0.15, 0.2) is 0 Å². The van der Waals surface area contributed by atoms with Gasteiger partial charge < -0.3 is 5.73 Å². The van der Waals surface area contributed by atoms with E-state index in [1.807, 2.05) is 13.8 Å². The molecule has 2 N–H and O–H groups in total. The van der Waals surface area contributed by atoms with Gasteiger partial charge in [0.1, 0.15) is 0 Å². The highest BCUT2D eigenvalue weighted by molar-refractivity contribution is 9.09. The highest BCUT2D eigenvalue weighted by atomic mass is 79.9. The van der Waals surface area contributed by atoms with Gasteiger partial charge in [-0.2, -0.15) is 0 Å². The largest absolute Gasteiger partial charge is 0.370 e. The van der Waals surface area contributed by atoms with Gasteiger partial charge in [0, 0.05) is 11.8 Å². The Balaban J connectivity index is 3.71. The Morgan fingerprint density at radius 1 is 1.67 bits per heavy atom. The first-order chi connectivity index (χ1) is 3.98. The molecule has 0 aliphatic heterocycles. The summed E-state index contributed by atoms with van der Waals surface area (Å²) in [6.07, 6.45) is 0.443. The van der Waals surface area contributed by atoms with Gasteiger partial charge >= 0.3 is 0 Å². The lowest BCUT2D eigenvalue weighted by molar-refractivity contribution is -0.119. The SMILES string of the molecule is CC(C)(CBr)CC(N)=O. The van der Waals surface area contributed by atoms with Crippen molar-refractivity contribution in [2.24, 2.45) is 11.1 Å². The number of halogens is 1. The number of primary amides is 1. The molecule has 0 fully saturated rings. The zero-order chi connectivity index (χ0) is 7.49. The molecule has 0 unspecified atom stereocenters. The molecule has 2 nitrogen and oxygen atoms in total. The minimum atomic E-state index is -0.237. The van der Waals surface area contributed by atoms with E-state index in [2.05, 4.69) is 15.9 Å². The normalized spacial score (nSPS) is 11.4. The molecule has 0 aliphatic rings. The summed E-state index contributed by atoms with van der Waals surface area (Å²) in [6, 6.07) is 0. The molecule has 0 aromatic heterocycles. The Kier molecular flexibility index (Phi) is 3.18. The van der Waals surface area contributed by atoms with Crippen molar-refractivity contribution in [2.75, 3.05) is 5.33 Å². The molecule has 0 saturated heterocycles. The van der Waals surface area contributed by atoms with Crippen LogP contribution in [0, 0.1) is 5.41 Å². The van der Waals surface area contributed by atoms with Gasteiger partial charge in [-0.3, -0.25) is 4.79 Å². The first kappa shape index (κ1) is 8.95. The van der Waals surface area contributed by atoms with Gasteiger partial charge in [-0.25, -0.2) is 0 Å². The lowest BCUT2D eigenvalue weighted by atomic mass is 9.92. The lowest BCUT2D eigenvalue weighted by Gasteiger charge is -2.18. The van der Waals surface area contributed by atoms with Crippen molar-refractivity contribution in [1.82, 2.24) is 0 Å². The first-order valence-electron chi connectivity index (χ1n) is 2.82. The van der Waals surface area contributed by atoms with Gasteiger partial charge in [-0.05, 0) is 5.41 Å². The van der Waals surface area contributed by atoms with Crippen LogP contribution in [0.4, 0.5) is 0 Å². The van der Waals surface area contributed by atoms with E-state index in [1.165, 1.54) is 0 Å². The van der Waals surface area contributed by atoms with Gasteiger partial charge in [0.2, 0.25) is 5.91 Å². The Morgan fingerprint density at radius 2 is 2.11 bits per heavy atom. The maximum Gasteiger partial charge on any atom is 0.217 e. The fraction of sp³-hybridized carbons (Fsp3) is 0.833. The second-order valence-corrected chi connectivity index (χ2v) is 3.50. The monoisotopic (exact) mass is 193 g/mol. The van der Waals surface area contributed by atoms with Gasteiger partial charge in [0.05, 0.1) is 0 Å². The first-order valence-corrected chi connectivity index (χ1v) is 3.94. The third-order valence-corrected chi connectivity index (χ3v) is 2.53. The molecule has 0 aromatic rings. The summed E-state index contributed by atoms with van der Waals surface area (Å²) in [5.74, 6) is -0.237. The third-order valence-electron chi connectivity index (χ3n) is 1.01. The molecule has 3 heteroatoms. The summed E-state index contributed by atoms with van der Waals surface area (Å²) >= 11 is 3.29. The number of rotatable bonds is 3. The predicted molar refractivity (Wildman–Crippen MR) is 41.4 cm³/mol. The highest BCUT2D eigenvalue weighted by Crippen LogP contribution is 2.21. The van der Waals surface area contributed by atoms with Crippen LogP contribution in [0.15, 0.2) is 0 Å². The Hall–Kier alpha value is -0.0500. The number of nitrogens with two attached hydrogens (primary N) is 1. The van der Waals surface area contributed by atoms with Crippen molar-refractivity contribution in [3.8, 4) is 0 Å². The van der Waals surface area contributed by atoms with Crippen molar-refractivity contribution < 1.29 is 4.79 Å². The summed E-state index contributed by atoms with van der Waals surface area (Å²) in [7, 11) is 0. The van der Waals surface area contributed by atoms with Crippen molar-refractivity contribution >= 4 is 21.8 Å². The van der Waals surface area contributed by atoms with Crippen LogP contribution in [-0.2, 0) is 4.79 Å². The summed E-state index contributed by atoms with van der Waals surface area (Å²) < 4.78 is 0. The number of hydrogen-bond acceptors (Lipinski definition) is 1. The van der Waals surface area contributed by atoms with E-state index in [9.17, 15) is 4.79 Å². The summed E-state index contributed by atoms with van der Waals surface area (Å²) in [6.45, 7) is 3.99. The number of alkyl halides is 1. The van der Waals surface area contributed by atoms with Crippen LogP contribution in [0.5, 0.6) is 0 Å². The van der Waals surface area contributed by atoms with Crippen molar-refractivity contribution in [3.63, 3.8) is 0 Å². The van der Waals surface area contributed by atoms with Crippen LogP contribution in [0.2, 0.25) is 0 Å². The van der Waals surface area contributed by atoms with E-state index in [0.717, 1.165) is 5.33 Å². The Labute approximate surface area is 63.9 Å². The molecule has 0 radical (unpaired) electrons. The molecule has 0 aliphatic carbocycles. The molecule has 1 amide bonds. The van der Waals surface area contributed by atoms with Crippen LogP contribution in [-0.4, -0.2) is 11.2 Å². The van der Waals surface area contributed by atoms with Crippen LogP contribution in [0.25, 0.3) is 0 Å². The van der Waals surface area contributed by atoms with E-state index in [-0.39, 0.29) is 11.3 Å². The quantitative estimate of drug-likeness (QED) is 0.675. The highest BCUT2D eigenvalue weighted by Gasteiger charge is 2.18. The van der Waals surface area contributed by atoms with E-state index >= 15 is 0 Å². The molecule has 0 aromatic carbocycles. The maximum atomic E-state index is 10.4. The fourth-order valence-electron chi connectivity index (χ4n) is 0.519. The van der Waals surface area contributed by atoms with Crippen LogP contribution in [0.3, 0.4) is 0 Å². The number of carbonyl (C=O) groups is 1. The zero-order valence-electron chi connectivity index (χ0n) is 5.78. The Morgan fingerprint density at radius 3 is 2.22 bits per heavy atom. The molecule has 0 saturated carbocycles. The third kappa shape index (κ3) is 4.45. The van der Waals surface area contributed by atoms with E-state index in [4.69, 9.17) is 5.73 Å². The van der Waals surface area contributed by atoms with Gasteiger partial charge in [0.25, 0.3) is 0 Å². The van der Waals surface area contributed by atoms with Crippen molar-refractivity contribution in [3.05, 3.63) is 0 Å². The molecule has 0 bridgehead atoms. The molecular formula is C6H12BrNO. The topological polar surface area (TPSA) is 43.1 Å². The van der Waals surface area contributed by atoms with E-state index in [0.29, 0.717) is 6.42 Å². The second-order valence-electron chi connectivity index (χ2n) is 2.94. The zero-order valence-corrected chi connectivity index (χ0v) is 7.36. The summed E-state index contributed by atoms with van der Waals surface area (Å²) in [4.78, 5) is 10.4. The Bertz CT molecular complexity index is 112. The smallest absolute Gasteiger partial charge is 0.217 e. The predicted octanol–water partition coefficient (Wildman–Crippen LogP) is 1.28. The van der Waals surface area contributed by atoms with Gasteiger partial charge in [-0.1, -0.05) is 29.8 Å². The van der Waals surface area contributed by atoms with E-state index < -0.39 is 0 Å². The molecule has 0 atom stereocenters. The van der Waals surface area contributed by atoms with Crippen molar-refractivity contribution in [1.29, 1.82) is 0 Å². The lowest BCUT2D eigenvalue weighted by Crippen LogP contribution is -2.23. The van der Waals surface area contributed by atoms with Gasteiger partial charge in [-0.15, -0.1) is 0 Å². The molecule has 9 heavy (non-hydrogen) atoms. The summed E-state index contributed by atoms with van der Waals surface area (Å²) in [5, 5.41) is 0.808. The van der Waals surface area contributed by atoms with Crippen LogP contribution in [0.1, 0.15) is 20.3 Å². The molecule has 0 heterocycles. The standard InChI is InChI=1S/C6H12BrNO/c1-6(2,4-7)3-5(8)9/h3-4H2,1-2H3,(H2,8,9). The average Bonchev–Trinajstić information content (AvgIpc) is 1.63. The number of carbonyl (C=O) groups excluding carboxylic acids is 1. The minimum absolute atomic E-state index is 0.00579. The maximum absolute atomic E-state index is 10.4. The van der Waals surface area contributed by atoms with Crippen molar-refractivity contribution in [2.45, 2.75) is 20.3 Å². The number of amides is 1. The van der Waals surface area contributed by atoms with Crippen LogP contribution >= 0.6 is 15.9 Å². The minimum Gasteiger partial charge on any atom is -0.370 e. The second kappa shape index (κ2) is 3.20. The fourth-order valence-corrected chi connectivity index (χ4v) is 0.717. The van der Waals surface area contributed by atoms with E-state index in [1.54, 1.807) is 0 Å². The average molecular weight is 194 g/mol. The molecule has 0 rings (SSSR count). The number of hydrogen-bond donors (Lipinski definition) is 1. The molecular weight excluding hydrogens is 182 g/mol. The molecule has 0 spiro atoms. The summed E-state index contributed by atoms with van der Waals surface area (Å²) in [5.41, 5.74) is 5.00.